The third-order valence-corrected chi connectivity index (χ3v) is 4.17. The van der Waals surface area contributed by atoms with E-state index in [1.54, 1.807) is 0 Å². The summed E-state index contributed by atoms with van der Waals surface area (Å²) in [6.45, 7) is 5.83. The van der Waals surface area contributed by atoms with E-state index in [0.29, 0.717) is 5.56 Å². The summed E-state index contributed by atoms with van der Waals surface area (Å²) in [5.41, 5.74) is 10.2. The highest BCUT2D eigenvalue weighted by Gasteiger charge is 2.15. The molecule has 1 unspecified atom stereocenters. The van der Waals surface area contributed by atoms with Crippen LogP contribution in [-0.4, -0.2) is 10.8 Å². The van der Waals surface area contributed by atoms with Crippen molar-refractivity contribution in [1.29, 1.82) is 0 Å². The summed E-state index contributed by atoms with van der Waals surface area (Å²) >= 11 is 0. The zero-order valence-corrected chi connectivity index (χ0v) is 13.6. The number of hydrogen-bond acceptors (Lipinski definition) is 3. The van der Waals surface area contributed by atoms with Gasteiger partial charge >= 0.3 is 0 Å². The van der Waals surface area contributed by atoms with Gasteiger partial charge in [-0.2, -0.15) is 0 Å². The van der Waals surface area contributed by atoms with E-state index in [1.807, 2.05) is 69.4 Å². The Hall–Kier alpha value is -2.52. The average Bonchev–Trinajstić information content (AvgIpc) is 2.53. The van der Waals surface area contributed by atoms with Crippen molar-refractivity contribution in [2.24, 2.45) is 5.73 Å². The minimum atomic E-state index is -0.0378. The van der Waals surface area contributed by atoms with E-state index in [2.05, 4.69) is 4.98 Å². The molecule has 0 amide bonds. The third-order valence-electron chi connectivity index (χ3n) is 4.17. The van der Waals surface area contributed by atoms with Gasteiger partial charge in [-0.25, -0.2) is 0 Å². The lowest BCUT2D eigenvalue weighted by Gasteiger charge is -2.12. The number of aryl methyl sites for hydroxylation is 2. The third kappa shape index (κ3) is 2.88. The normalized spacial score (nSPS) is 12.3. The quantitative estimate of drug-likeness (QED) is 0.741. The zero-order valence-electron chi connectivity index (χ0n) is 13.6. The first-order valence-corrected chi connectivity index (χ1v) is 7.73. The molecule has 23 heavy (non-hydrogen) atoms. The van der Waals surface area contributed by atoms with E-state index < -0.39 is 0 Å². The molecule has 0 aliphatic heterocycles. The summed E-state index contributed by atoms with van der Waals surface area (Å²) in [4.78, 5) is 17.3. The van der Waals surface area contributed by atoms with Gasteiger partial charge in [-0.1, -0.05) is 36.4 Å². The molecule has 3 rings (SSSR count). The van der Waals surface area contributed by atoms with E-state index >= 15 is 0 Å². The number of carbonyl (C=O) groups is 1. The van der Waals surface area contributed by atoms with Crippen LogP contribution in [0.3, 0.4) is 0 Å². The second-order valence-corrected chi connectivity index (χ2v) is 6.04. The monoisotopic (exact) mass is 304 g/mol. The van der Waals surface area contributed by atoms with Crippen LogP contribution in [0.4, 0.5) is 0 Å². The molecule has 1 atom stereocenters. The molecule has 0 aliphatic rings. The maximum atomic E-state index is 13.0. The number of nitrogens with two attached hydrogens (primary N) is 1. The van der Waals surface area contributed by atoms with Gasteiger partial charge in [0.05, 0.1) is 0 Å². The Labute approximate surface area is 136 Å². The SMILES string of the molecule is Cc1cc2c(C(=O)c3ccc(C(C)N)cc3C)cccc2cn1. The molecule has 3 nitrogen and oxygen atoms in total. The largest absolute Gasteiger partial charge is 0.324 e. The predicted octanol–water partition coefficient (Wildman–Crippen LogP) is 4.10. The summed E-state index contributed by atoms with van der Waals surface area (Å²) in [6, 6.07) is 13.5. The number of pyridine rings is 1. The highest BCUT2D eigenvalue weighted by atomic mass is 16.1. The van der Waals surface area contributed by atoms with E-state index in [1.165, 1.54) is 0 Å². The number of hydrogen-bond donors (Lipinski definition) is 1. The molecule has 3 heteroatoms. The first-order valence-electron chi connectivity index (χ1n) is 7.73. The number of ketones is 1. The maximum absolute atomic E-state index is 13.0. The van der Waals surface area contributed by atoms with Crippen LogP contribution in [0.1, 0.15) is 45.7 Å². The molecule has 0 spiro atoms. The molecule has 0 saturated heterocycles. The molecule has 0 saturated carbocycles. The van der Waals surface area contributed by atoms with Crippen LogP contribution in [0.15, 0.2) is 48.7 Å². The van der Waals surface area contributed by atoms with Crippen molar-refractivity contribution in [3.63, 3.8) is 0 Å². The zero-order chi connectivity index (χ0) is 16.6. The fourth-order valence-corrected chi connectivity index (χ4v) is 2.84. The maximum Gasteiger partial charge on any atom is 0.193 e. The average molecular weight is 304 g/mol. The van der Waals surface area contributed by atoms with Crippen molar-refractivity contribution in [2.75, 3.05) is 0 Å². The molecule has 2 N–H and O–H groups in total. The number of benzene rings is 2. The Morgan fingerprint density at radius 1 is 1.09 bits per heavy atom. The van der Waals surface area contributed by atoms with E-state index in [-0.39, 0.29) is 11.8 Å². The Morgan fingerprint density at radius 3 is 2.57 bits per heavy atom. The van der Waals surface area contributed by atoms with Crippen LogP contribution in [-0.2, 0) is 0 Å². The van der Waals surface area contributed by atoms with Gasteiger partial charge in [0.15, 0.2) is 5.78 Å². The molecule has 0 bridgehead atoms. The molecule has 1 heterocycles. The Balaban J connectivity index is 2.12. The van der Waals surface area contributed by atoms with Crippen molar-refractivity contribution in [2.45, 2.75) is 26.8 Å². The molecule has 116 valence electrons. The number of carbonyl (C=O) groups excluding carboxylic acids is 1. The van der Waals surface area contributed by atoms with Gasteiger partial charge in [-0.3, -0.25) is 9.78 Å². The fourth-order valence-electron chi connectivity index (χ4n) is 2.84. The molecular weight excluding hydrogens is 284 g/mol. The number of aromatic nitrogens is 1. The van der Waals surface area contributed by atoms with E-state index in [9.17, 15) is 4.79 Å². The minimum Gasteiger partial charge on any atom is -0.324 e. The van der Waals surface area contributed by atoms with Crippen molar-refractivity contribution >= 4 is 16.6 Å². The van der Waals surface area contributed by atoms with Gasteiger partial charge in [0.25, 0.3) is 0 Å². The van der Waals surface area contributed by atoms with Crippen LogP contribution in [0, 0.1) is 13.8 Å². The smallest absolute Gasteiger partial charge is 0.193 e. The van der Waals surface area contributed by atoms with Crippen LogP contribution in [0.2, 0.25) is 0 Å². The first-order chi connectivity index (χ1) is 11.0. The van der Waals surface area contributed by atoms with Gasteiger partial charge in [-0.15, -0.1) is 0 Å². The van der Waals surface area contributed by atoms with Crippen LogP contribution in [0.5, 0.6) is 0 Å². The lowest BCUT2D eigenvalue weighted by atomic mass is 9.93. The molecule has 1 aromatic heterocycles. The van der Waals surface area contributed by atoms with Crippen molar-refractivity contribution in [3.8, 4) is 0 Å². The molecule has 0 aliphatic carbocycles. The second-order valence-electron chi connectivity index (χ2n) is 6.04. The summed E-state index contributed by atoms with van der Waals surface area (Å²) in [7, 11) is 0. The second kappa shape index (κ2) is 5.94. The lowest BCUT2D eigenvalue weighted by molar-refractivity contribution is 0.103. The molecule has 3 aromatic rings. The Morgan fingerprint density at radius 2 is 1.87 bits per heavy atom. The van der Waals surface area contributed by atoms with Gasteiger partial charge < -0.3 is 5.73 Å². The van der Waals surface area contributed by atoms with Gasteiger partial charge in [0.1, 0.15) is 0 Å². The predicted molar refractivity (Wildman–Crippen MR) is 93.7 cm³/mol. The van der Waals surface area contributed by atoms with Crippen LogP contribution < -0.4 is 5.73 Å². The minimum absolute atomic E-state index is 0.0370. The van der Waals surface area contributed by atoms with E-state index in [0.717, 1.165) is 33.2 Å². The van der Waals surface area contributed by atoms with Crippen LogP contribution in [0.25, 0.3) is 10.8 Å². The van der Waals surface area contributed by atoms with Crippen molar-refractivity contribution in [1.82, 2.24) is 4.98 Å². The molecular formula is C20H20N2O. The van der Waals surface area contributed by atoms with Crippen molar-refractivity contribution < 1.29 is 4.79 Å². The van der Waals surface area contributed by atoms with Gasteiger partial charge in [0, 0.05) is 34.4 Å². The molecule has 0 fully saturated rings. The van der Waals surface area contributed by atoms with Gasteiger partial charge in [-0.05, 0) is 43.4 Å². The Kier molecular flexibility index (Phi) is 3.97. The fraction of sp³-hybridized carbons (Fsp3) is 0.200. The summed E-state index contributed by atoms with van der Waals surface area (Å²) in [5, 5.41) is 1.92. The number of rotatable bonds is 3. The molecule has 2 aromatic carbocycles. The van der Waals surface area contributed by atoms with E-state index in [4.69, 9.17) is 5.73 Å². The summed E-state index contributed by atoms with van der Waals surface area (Å²) in [6.07, 6.45) is 1.81. The standard InChI is InChI=1S/C20H20N2O/c1-12-9-15(14(3)21)7-8-17(12)20(23)18-6-4-5-16-11-22-13(2)10-19(16)18/h4-11,14H,21H2,1-3H3. The van der Waals surface area contributed by atoms with Crippen LogP contribution >= 0.6 is 0 Å². The number of nitrogens with zero attached hydrogens (tertiary/aromatic N) is 1. The summed E-state index contributed by atoms with van der Waals surface area (Å²) in [5.74, 6) is 0.0370. The number of fused-ring (bicyclic) bond motifs is 1. The van der Waals surface area contributed by atoms with Gasteiger partial charge in [0.2, 0.25) is 0 Å². The topological polar surface area (TPSA) is 56.0 Å². The van der Waals surface area contributed by atoms with Crippen molar-refractivity contribution in [3.05, 3.63) is 76.6 Å². The molecule has 0 radical (unpaired) electrons. The summed E-state index contributed by atoms with van der Waals surface area (Å²) < 4.78 is 0. The highest BCUT2D eigenvalue weighted by Crippen LogP contribution is 2.24. The first kappa shape index (κ1) is 15.4. The lowest BCUT2D eigenvalue weighted by Crippen LogP contribution is -2.09. The Bertz CT molecular complexity index is 897. The highest BCUT2D eigenvalue weighted by molar-refractivity contribution is 6.17.